The lowest BCUT2D eigenvalue weighted by atomic mass is 9.67. The first-order valence-electron chi connectivity index (χ1n) is 17.0. The maximum atomic E-state index is 9.97. The van der Waals surface area contributed by atoms with E-state index < -0.39 is 0 Å². The summed E-state index contributed by atoms with van der Waals surface area (Å²) < 4.78 is 0. The van der Waals surface area contributed by atoms with E-state index in [1.54, 1.807) is 0 Å². The van der Waals surface area contributed by atoms with Crippen LogP contribution in [0, 0.1) is 22.7 Å². The van der Waals surface area contributed by atoms with Crippen molar-refractivity contribution in [3.8, 4) is 17.5 Å². The topological polar surface area (TPSA) is 49.6 Å². The molecule has 2 saturated carbocycles. The second kappa shape index (κ2) is 16.3. The number of benzene rings is 1. The standard InChI is InChI=1S/C37H55N3/c1-3-5-7-9-11-13-30-14-16-32(17-15-30)35-27-39-36(40-28-35)34-20-18-31(19-21-34)33-22-25-37(29-38,26-23-33)24-12-10-8-6-4-2/h18-21,27-28,30,32-33H,3-17,22-26H2,1-2H3. The normalized spacial score (nSPS) is 25.0. The Morgan fingerprint density at radius 2 is 1.27 bits per heavy atom. The molecule has 0 atom stereocenters. The van der Waals surface area contributed by atoms with Gasteiger partial charge in [0, 0.05) is 18.0 Å². The molecule has 1 aromatic carbocycles. The van der Waals surface area contributed by atoms with Crippen molar-refractivity contribution in [2.45, 2.75) is 154 Å². The summed E-state index contributed by atoms with van der Waals surface area (Å²) in [6.45, 7) is 4.55. The summed E-state index contributed by atoms with van der Waals surface area (Å²) in [6.07, 6.45) is 29.8. The Hall–Kier alpha value is -2.21. The zero-order valence-electron chi connectivity index (χ0n) is 25.7. The highest BCUT2D eigenvalue weighted by Gasteiger charge is 2.35. The second-order valence-corrected chi connectivity index (χ2v) is 13.2. The summed E-state index contributed by atoms with van der Waals surface area (Å²) in [4.78, 5) is 9.59. The molecule has 0 radical (unpaired) electrons. The van der Waals surface area contributed by atoms with Crippen LogP contribution in [0.2, 0.25) is 0 Å². The number of nitriles is 1. The minimum absolute atomic E-state index is 0.0776. The van der Waals surface area contributed by atoms with Gasteiger partial charge in [-0.2, -0.15) is 5.26 Å². The molecule has 0 aliphatic heterocycles. The highest BCUT2D eigenvalue weighted by atomic mass is 14.9. The maximum absolute atomic E-state index is 9.97. The molecule has 2 aliphatic rings. The number of nitrogens with zero attached hydrogens (tertiary/aromatic N) is 3. The smallest absolute Gasteiger partial charge is 0.159 e. The number of unbranched alkanes of at least 4 members (excludes halogenated alkanes) is 8. The Kier molecular flexibility index (Phi) is 12.5. The van der Waals surface area contributed by atoms with E-state index in [0.29, 0.717) is 11.8 Å². The molecule has 0 N–H and O–H groups in total. The van der Waals surface area contributed by atoms with Gasteiger partial charge in [-0.3, -0.25) is 0 Å². The van der Waals surface area contributed by atoms with Gasteiger partial charge in [0.15, 0.2) is 5.82 Å². The molecule has 2 fully saturated rings. The third-order valence-corrected chi connectivity index (χ3v) is 10.3. The van der Waals surface area contributed by atoms with E-state index >= 15 is 0 Å². The van der Waals surface area contributed by atoms with Crippen LogP contribution >= 0.6 is 0 Å². The van der Waals surface area contributed by atoms with Crippen LogP contribution in [0.15, 0.2) is 36.7 Å². The predicted molar refractivity (Wildman–Crippen MR) is 168 cm³/mol. The molecule has 4 rings (SSSR count). The number of aromatic nitrogens is 2. The van der Waals surface area contributed by atoms with Gasteiger partial charge in [0.1, 0.15) is 0 Å². The Labute approximate surface area is 245 Å². The van der Waals surface area contributed by atoms with Crippen LogP contribution in [0.3, 0.4) is 0 Å². The fraction of sp³-hybridized carbons (Fsp3) is 0.703. The number of rotatable bonds is 15. The van der Waals surface area contributed by atoms with Crippen molar-refractivity contribution in [3.63, 3.8) is 0 Å². The molecule has 0 amide bonds. The quantitative estimate of drug-likeness (QED) is 0.211. The molecule has 2 aromatic rings. The summed E-state index contributed by atoms with van der Waals surface area (Å²) in [6, 6.07) is 11.7. The SMILES string of the molecule is CCCCCCCC1CCC(c2cnc(-c3ccc(C4CCC(C#N)(CCCCCCC)CC4)cc3)nc2)CC1. The lowest BCUT2D eigenvalue weighted by Gasteiger charge is -2.35. The van der Waals surface area contributed by atoms with Crippen molar-refractivity contribution in [1.82, 2.24) is 9.97 Å². The highest BCUT2D eigenvalue weighted by molar-refractivity contribution is 5.55. The number of hydrogen-bond donors (Lipinski definition) is 0. The molecule has 1 heterocycles. The average molecular weight is 542 g/mol. The first-order chi connectivity index (χ1) is 19.7. The maximum Gasteiger partial charge on any atom is 0.159 e. The molecule has 3 heteroatoms. The van der Waals surface area contributed by atoms with Gasteiger partial charge in [-0.05, 0) is 86.7 Å². The van der Waals surface area contributed by atoms with Crippen LogP contribution in [-0.2, 0) is 0 Å². The average Bonchev–Trinajstić information content (AvgIpc) is 3.02. The van der Waals surface area contributed by atoms with Crippen molar-refractivity contribution in [1.29, 1.82) is 5.26 Å². The lowest BCUT2D eigenvalue weighted by Crippen LogP contribution is -2.25. The van der Waals surface area contributed by atoms with Crippen LogP contribution in [-0.4, -0.2) is 9.97 Å². The van der Waals surface area contributed by atoms with Gasteiger partial charge >= 0.3 is 0 Å². The molecule has 0 spiro atoms. The van der Waals surface area contributed by atoms with Crippen LogP contribution < -0.4 is 0 Å². The summed E-state index contributed by atoms with van der Waals surface area (Å²) in [5, 5.41) is 9.97. The van der Waals surface area contributed by atoms with E-state index in [0.717, 1.165) is 49.4 Å². The van der Waals surface area contributed by atoms with E-state index in [4.69, 9.17) is 9.97 Å². The largest absolute Gasteiger partial charge is 0.236 e. The first kappa shape index (κ1) is 30.7. The molecule has 0 bridgehead atoms. The fourth-order valence-corrected chi connectivity index (χ4v) is 7.41. The van der Waals surface area contributed by atoms with Crippen molar-refractivity contribution >= 4 is 0 Å². The Balaban J connectivity index is 1.22. The van der Waals surface area contributed by atoms with Gasteiger partial charge in [0.2, 0.25) is 0 Å². The summed E-state index contributed by atoms with van der Waals surface area (Å²) in [5.41, 5.74) is 3.77. The first-order valence-corrected chi connectivity index (χ1v) is 17.0. The van der Waals surface area contributed by atoms with Crippen molar-refractivity contribution < 1.29 is 0 Å². The van der Waals surface area contributed by atoms with E-state index in [9.17, 15) is 5.26 Å². The molecular weight excluding hydrogens is 486 g/mol. The Morgan fingerprint density at radius 3 is 1.88 bits per heavy atom. The second-order valence-electron chi connectivity index (χ2n) is 13.2. The molecule has 1 aromatic heterocycles. The summed E-state index contributed by atoms with van der Waals surface area (Å²) in [7, 11) is 0. The van der Waals surface area contributed by atoms with Crippen molar-refractivity contribution in [3.05, 3.63) is 47.8 Å². The van der Waals surface area contributed by atoms with Crippen LogP contribution in [0.1, 0.15) is 165 Å². The Morgan fingerprint density at radius 1 is 0.700 bits per heavy atom. The lowest BCUT2D eigenvalue weighted by molar-refractivity contribution is 0.223. The minimum atomic E-state index is -0.0776. The van der Waals surface area contributed by atoms with Gasteiger partial charge in [-0.15, -0.1) is 0 Å². The monoisotopic (exact) mass is 541 g/mol. The molecule has 3 nitrogen and oxygen atoms in total. The molecule has 0 unspecified atom stereocenters. The van der Waals surface area contributed by atoms with Gasteiger partial charge in [0.25, 0.3) is 0 Å². The molecule has 40 heavy (non-hydrogen) atoms. The van der Waals surface area contributed by atoms with Crippen molar-refractivity contribution in [2.75, 3.05) is 0 Å². The van der Waals surface area contributed by atoms with Crippen LogP contribution in [0.4, 0.5) is 0 Å². The van der Waals surface area contributed by atoms with E-state index in [-0.39, 0.29) is 5.41 Å². The van der Waals surface area contributed by atoms with Crippen LogP contribution in [0.5, 0.6) is 0 Å². The molecule has 2 aliphatic carbocycles. The zero-order chi connectivity index (χ0) is 28.0. The number of hydrogen-bond acceptors (Lipinski definition) is 3. The van der Waals surface area contributed by atoms with Crippen molar-refractivity contribution in [2.24, 2.45) is 11.3 Å². The van der Waals surface area contributed by atoms with E-state index in [1.807, 2.05) is 0 Å². The predicted octanol–water partition coefficient (Wildman–Crippen LogP) is 11.3. The third-order valence-electron chi connectivity index (χ3n) is 10.3. The van der Waals surface area contributed by atoms with Gasteiger partial charge in [-0.1, -0.05) is 109 Å². The van der Waals surface area contributed by atoms with Crippen LogP contribution in [0.25, 0.3) is 11.4 Å². The van der Waals surface area contributed by atoms with E-state index in [2.05, 4.69) is 56.6 Å². The summed E-state index contributed by atoms with van der Waals surface area (Å²) in [5.74, 6) is 2.99. The zero-order valence-corrected chi connectivity index (χ0v) is 25.7. The molecule has 218 valence electrons. The highest BCUT2D eigenvalue weighted by Crippen LogP contribution is 2.46. The molecule has 0 saturated heterocycles. The summed E-state index contributed by atoms with van der Waals surface area (Å²) >= 11 is 0. The fourth-order valence-electron chi connectivity index (χ4n) is 7.41. The minimum Gasteiger partial charge on any atom is -0.236 e. The van der Waals surface area contributed by atoms with Gasteiger partial charge < -0.3 is 0 Å². The van der Waals surface area contributed by atoms with Gasteiger partial charge in [0.05, 0.1) is 11.5 Å². The molecular formula is C37H55N3. The van der Waals surface area contributed by atoms with Gasteiger partial charge in [-0.25, -0.2) is 9.97 Å². The Bertz CT molecular complexity index is 1000. The third kappa shape index (κ3) is 8.89. The van der Waals surface area contributed by atoms with E-state index in [1.165, 1.54) is 107 Å².